The molecule has 4 heterocycles. The third kappa shape index (κ3) is 4.13. The fourth-order valence-electron chi connectivity index (χ4n) is 4.54. The van der Waals surface area contributed by atoms with Crippen molar-refractivity contribution in [2.24, 2.45) is 0 Å². The van der Waals surface area contributed by atoms with Gasteiger partial charge in [-0.15, -0.1) is 0 Å². The quantitative estimate of drug-likeness (QED) is 0.763. The minimum Gasteiger partial charge on any atom is -0.354 e. The Morgan fingerprint density at radius 2 is 1.70 bits per heavy atom. The molecule has 1 unspecified atom stereocenters. The first-order valence-corrected chi connectivity index (χ1v) is 11.6. The number of anilines is 1. The van der Waals surface area contributed by atoms with E-state index in [4.69, 9.17) is 0 Å². The highest BCUT2D eigenvalue weighted by molar-refractivity contribution is 7.89. The molecule has 3 saturated heterocycles. The normalized spacial score (nSPS) is 26.6. The van der Waals surface area contributed by atoms with Gasteiger partial charge in [-0.2, -0.15) is 4.31 Å². The van der Waals surface area contributed by atoms with Gasteiger partial charge in [-0.05, 0) is 51.4 Å². The Hall–Kier alpha value is -1.22. The first kappa shape index (κ1) is 19.1. The van der Waals surface area contributed by atoms with Gasteiger partial charge in [0.25, 0.3) is 0 Å². The van der Waals surface area contributed by atoms with Gasteiger partial charge in [-0.3, -0.25) is 4.90 Å². The van der Waals surface area contributed by atoms with Crippen LogP contribution in [0.3, 0.4) is 0 Å². The van der Waals surface area contributed by atoms with Crippen LogP contribution < -0.4 is 4.90 Å². The lowest BCUT2D eigenvalue weighted by Gasteiger charge is -2.43. The molecule has 1 atom stereocenters. The molecule has 150 valence electrons. The van der Waals surface area contributed by atoms with Gasteiger partial charge in [-0.1, -0.05) is 0 Å². The number of likely N-dealkylation sites (N-methyl/N-ethyl adjacent to an activating group) is 1. The minimum atomic E-state index is -3.38. The van der Waals surface area contributed by atoms with Crippen LogP contribution in [0.1, 0.15) is 25.7 Å². The molecular weight excluding hydrogens is 362 g/mol. The third-order valence-electron chi connectivity index (χ3n) is 6.18. The van der Waals surface area contributed by atoms with Crippen molar-refractivity contribution < 1.29 is 8.42 Å². The first-order chi connectivity index (χ1) is 13.0. The monoisotopic (exact) mass is 393 g/mol. The van der Waals surface area contributed by atoms with E-state index >= 15 is 0 Å². The summed E-state index contributed by atoms with van der Waals surface area (Å²) in [4.78, 5) is 12.1. The topological polar surface area (TPSA) is 60.0 Å². The molecule has 1 aromatic rings. The summed E-state index contributed by atoms with van der Waals surface area (Å²) < 4.78 is 26.8. The van der Waals surface area contributed by atoms with Crippen LogP contribution in [0.2, 0.25) is 0 Å². The number of nitrogens with zero attached hydrogens (tertiary/aromatic N) is 5. The Kier molecular flexibility index (Phi) is 5.68. The van der Waals surface area contributed by atoms with Gasteiger partial charge in [0.2, 0.25) is 10.0 Å². The zero-order chi connectivity index (χ0) is 18.9. The molecule has 0 aliphatic carbocycles. The van der Waals surface area contributed by atoms with Crippen LogP contribution >= 0.6 is 0 Å². The minimum absolute atomic E-state index is 0.317. The summed E-state index contributed by atoms with van der Waals surface area (Å²) in [6.45, 7) is 7.64. The van der Waals surface area contributed by atoms with Crippen molar-refractivity contribution in [3.05, 3.63) is 18.3 Å². The highest BCUT2D eigenvalue weighted by Gasteiger charge is 2.29. The smallest absolute Gasteiger partial charge is 0.244 e. The molecule has 27 heavy (non-hydrogen) atoms. The Morgan fingerprint density at radius 1 is 0.963 bits per heavy atom. The second-order valence-corrected chi connectivity index (χ2v) is 9.98. The molecule has 0 radical (unpaired) electrons. The van der Waals surface area contributed by atoms with Crippen LogP contribution in [0.15, 0.2) is 23.2 Å². The van der Waals surface area contributed by atoms with Crippen molar-refractivity contribution in [3.63, 3.8) is 0 Å². The molecule has 0 N–H and O–H groups in total. The number of aromatic nitrogens is 1. The maximum Gasteiger partial charge on any atom is 0.244 e. The summed E-state index contributed by atoms with van der Waals surface area (Å²) in [6.07, 6.45) is 6.02. The van der Waals surface area contributed by atoms with Gasteiger partial charge in [0.15, 0.2) is 0 Å². The van der Waals surface area contributed by atoms with E-state index in [9.17, 15) is 8.42 Å². The lowest BCUT2D eigenvalue weighted by Crippen LogP contribution is -2.54. The lowest BCUT2D eigenvalue weighted by atomic mass is 10.0. The zero-order valence-corrected chi connectivity index (χ0v) is 17.1. The standard InChI is InChI=1S/C19H31N5O2S/c1-21-8-4-5-17(16-21)22-11-13-23(14-12-22)19-7-6-18(15-20-19)27(25,26)24-9-2-3-10-24/h6-7,15,17H,2-5,8-14,16H2,1H3. The maximum atomic E-state index is 12.6. The van der Waals surface area contributed by atoms with E-state index in [-0.39, 0.29) is 0 Å². The lowest BCUT2D eigenvalue weighted by molar-refractivity contribution is 0.106. The van der Waals surface area contributed by atoms with Crippen LogP contribution in [0.4, 0.5) is 5.82 Å². The molecule has 3 aliphatic rings. The Bertz CT molecular complexity index is 725. The van der Waals surface area contributed by atoms with Crippen molar-refractivity contribution in [2.75, 3.05) is 64.3 Å². The number of piperidine rings is 1. The van der Waals surface area contributed by atoms with Crippen molar-refractivity contribution in [3.8, 4) is 0 Å². The number of hydrogen-bond acceptors (Lipinski definition) is 6. The van der Waals surface area contributed by atoms with E-state index in [0.717, 1.165) is 44.8 Å². The van der Waals surface area contributed by atoms with Crippen molar-refractivity contribution >= 4 is 15.8 Å². The predicted molar refractivity (Wildman–Crippen MR) is 107 cm³/mol. The van der Waals surface area contributed by atoms with Crippen LogP contribution in [-0.2, 0) is 10.0 Å². The number of rotatable bonds is 4. The second kappa shape index (κ2) is 8.03. The van der Waals surface area contributed by atoms with Crippen LogP contribution in [-0.4, -0.2) is 93.0 Å². The summed E-state index contributed by atoms with van der Waals surface area (Å²) in [6, 6.07) is 4.26. The summed E-state index contributed by atoms with van der Waals surface area (Å²) in [5.74, 6) is 0.885. The molecule has 1 aromatic heterocycles. The predicted octanol–water partition coefficient (Wildman–Crippen LogP) is 1.08. The van der Waals surface area contributed by atoms with E-state index in [1.165, 1.54) is 32.1 Å². The molecule has 3 fully saturated rings. The summed E-state index contributed by atoms with van der Waals surface area (Å²) in [5, 5.41) is 0. The summed E-state index contributed by atoms with van der Waals surface area (Å²) in [7, 11) is -1.16. The van der Waals surface area contributed by atoms with Gasteiger partial charge in [0, 0.05) is 58.1 Å². The van der Waals surface area contributed by atoms with Crippen molar-refractivity contribution in [2.45, 2.75) is 36.6 Å². The van der Waals surface area contributed by atoms with Crippen LogP contribution in [0.5, 0.6) is 0 Å². The van der Waals surface area contributed by atoms with E-state index < -0.39 is 10.0 Å². The van der Waals surface area contributed by atoms with Gasteiger partial charge in [0.05, 0.1) is 0 Å². The molecule has 8 heteroatoms. The maximum absolute atomic E-state index is 12.6. The molecule has 3 aliphatic heterocycles. The molecule has 4 rings (SSSR count). The molecule has 7 nitrogen and oxygen atoms in total. The zero-order valence-electron chi connectivity index (χ0n) is 16.3. The molecule has 0 aromatic carbocycles. The molecule has 0 amide bonds. The Labute approximate surface area is 163 Å². The van der Waals surface area contributed by atoms with Crippen molar-refractivity contribution in [1.82, 2.24) is 19.1 Å². The summed E-state index contributed by atoms with van der Waals surface area (Å²) >= 11 is 0. The second-order valence-electron chi connectivity index (χ2n) is 8.04. The molecular formula is C19H31N5O2S. The van der Waals surface area contributed by atoms with Crippen LogP contribution in [0.25, 0.3) is 0 Å². The van der Waals surface area contributed by atoms with Gasteiger partial charge >= 0.3 is 0 Å². The van der Waals surface area contributed by atoms with Gasteiger partial charge < -0.3 is 9.80 Å². The molecule has 0 bridgehead atoms. The highest BCUT2D eigenvalue weighted by atomic mass is 32.2. The van der Waals surface area contributed by atoms with Gasteiger partial charge in [0.1, 0.15) is 10.7 Å². The largest absolute Gasteiger partial charge is 0.354 e. The number of hydrogen-bond donors (Lipinski definition) is 0. The highest BCUT2D eigenvalue weighted by Crippen LogP contribution is 2.23. The Balaban J connectivity index is 1.36. The van der Waals surface area contributed by atoms with E-state index in [0.29, 0.717) is 24.0 Å². The van der Waals surface area contributed by atoms with Crippen LogP contribution in [0, 0.1) is 0 Å². The fraction of sp³-hybridized carbons (Fsp3) is 0.737. The fourth-order valence-corrected chi connectivity index (χ4v) is 6.01. The molecule has 0 spiro atoms. The number of likely N-dealkylation sites (tertiary alicyclic amines) is 1. The summed E-state index contributed by atoms with van der Waals surface area (Å²) in [5.41, 5.74) is 0. The van der Waals surface area contributed by atoms with E-state index in [1.807, 2.05) is 6.07 Å². The first-order valence-electron chi connectivity index (χ1n) is 10.2. The number of sulfonamides is 1. The average molecular weight is 394 g/mol. The van der Waals surface area contributed by atoms with E-state index in [2.05, 4.69) is 26.7 Å². The Morgan fingerprint density at radius 3 is 2.33 bits per heavy atom. The molecule has 0 saturated carbocycles. The number of pyridine rings is 1. The SMILES string of the molecule is CN1CCCC(N2CCN(c3ccc(S(=O)(=O)N4CCCC4)cn3)CC2)C1. The average Bonchev–Trinajstić information content (AvgIpc) is 3.24. The third-order valence-corrected chi connectivity index (χ3v) is 8.06. The van der Waals surface area contributed by atoms with Gasteiger partial charge in [-0.25, -0.2) is 13.4 Å². The van der Waals surface area contributed by atoms with E-state index in [1.54, 1.807) is 10.4 Å². The number of piperazine rings is 1. The van der Waals surface area contributed by atoms with Crippen molar-refractivity contribution in [1.29, 1.82) is 0 Å².